The Morgan fingerprint density at radius 2 is 1.91 bits per heavy atom. The molecule has 1 atom stereocenters. The number of piperazine rings is 1. The van der Waals surface area contributed by atoms with E-state index in [1.54, 1.807) is 0 Å². The molecule has 1 unspecified atom stereocenters. The Kier molecular flexibility index (Phi) is 5.18. The van der Waals surface area contributed by atoms with Crippen LogP contribution in [0.3, 0.4) is 0 Å². The van der Waals surface area contributed by atoms with Crippen molar-refractivity contribution >= 4 is 11.9 Å². The molecule has 2 heterocycles. The minimum absolute atomic E-state index is 0.178. The molecular formula is C16H28N4O2. The summed E-state index contributed by atoms with van der Waals surface area (Å²) in [6.45, 7) is 7.91. The second-order valence-electron chi connectivity index (χ2n) is 6.45. The van der Waals surface area contributed by atoms with Crippen molar-refractivity contribution in [1.82, 2.24) is 15.1 Å². The molecule has 6 nitrogen and oxygen atoms in total. The topological polar surface area (TPSA) is 57.2 Å². The number of carbonyl (C=O) groups is 1. The molecule has 0 aromatic heterocycles. The van der Waals surface area contributed by atoms with E-state index in [1.807, 2.05) is 4.90 Å². The monoisotopic (exact) mass is 308 g/mol. The molecule has 1 saturated carbocycles. The Balaban J connectivity index is 1.50. The fourth-order valence-electron chi connectivity index (χ4n) is 3.06. The molecule has 3 fully saturated rings. The van der Waals surface area contributed by atoms with Crippen LogP contribution in [0.4, 0.5) is 0 Å². The summed E-state index contributed by atoms with van der Waals surface area (Å²) in [6.07, 6.45) is 4.35. The summed E-state index contributed by atoms with van der Waals surface area (Å²) in [5.41, 5.74) is 0. The van der Waals surface area contributed by atoms with Crippen molar-refractivity contribution in [1.29, 1.82) is 0 Å². The number of guanidine groups is 1. The van der Waals surface area contributed by atoms with Gasteiger partial charge < -0.3 is 19.9 Å². The van der Waals surface area contributed by atoms with E-state index in [9.17, 15) is 4.79 Å². The van der Waals surface area contributed by atoms with Crippen LogP contribution in [-0.2, 0) is 9.53 Å². The van der Waals surface area contributed by atoms with Crippen molar-refractivity contribution in [3.8, 4) is 0 Å². The van der Waals surface area contributed by atoms with E-state index < -0.39 is 0 Å². The van der Waals surface area contributed by atoms with Crippen LogP contribution in [0, 0.1) is 5.92 Å². The summed E-state index contributed by atoms with van der Waals surface area (Å²) >= 11 is 0. The molecule has 6 heteroatoms. The number of nitrogens with zero attached hydrogens (tertiary/aromatic N) is 3. The molecule has 0 aromatic rings. The van der Waals surface area contributed by atoms with Crippen LogP contribution in [0.1, 0.15) is 32.6 Å². The number of amides is 1. The molecule has 1 amide bonds. The lowest BCUT2D eigenvalue weighted by Gasteiger charge is -2.37. The average molecular weight is 308 g/mol. The molecule has 2 saturated heterocycles. The van der Waals surface area contributed by atoms with E-state index in [2.05, 4.69) is 17.1 Å². The first-order chi connectivity index (χ1) is 10.8. The van der Waals surface area contributed by atoms with Crippen molar-refractivity contribution in [2.45, 2.75) is 38.7 Å². The number of hydrogen-bond acceptors (Lipinski definition) is 3. The van der Waals surface area contributed by atoms with E-state index in [4.69, 9.17) is 9.73 Å². The van der Waals surface area contributed by atoms with Gasteiger partial charge >= 0.3 is 0 Å². The zero-order valence-corrected chi connectivity index (χ0v) is 13.6. The lowest BCUT2D eigenvalue weighted by atomic mass is 10.2. The Morgan fingerprint density at radius 3 is 2.50 bits per heavy atom. The van der Waals surface area contributed by atoms with Crippen LogP contribution in [-0.4, -0.2) is 73.6 Å². The predicted molar refractivity (Wildman–Crippen MR) is 85.8 cm³/mol. The van der Waals surface area contributed by atoms with E-state index in [1.165, 1.54) is 12.8 Å². The van der Waals surface area contributed by atoms with Gasteiger partial charge in [-0.25, -0.2) is 0 Å². The zero-order valence-electron chi connectivity index (χ0n) is 13.6. The zero-order chi connectivity index (χ0) is 15.4. The van der Waals surface area contributed by atoms with Crippen LogP contribution in [0.15, 0.2) is 4.99 Å². The molecule has 1 aliphatic carbocycles. The van der Waals surface area contributed by atoms with Gasteiger partial charge in [-0.2, -0.15) is 0 Å². The summed E-state index contributed by atoms with van der Waals surface area (Å²) in [5, 5.41) is 3.38. The highest BCUT2D eigenvalue weighted by Gasteiger charge is 2.31. The second-order valence-corrected chi connectivity index (χ2v) is 6.45. The molecule has 0 bridgehead atoms. The Labute approximate surface area is 132 Å². The fraction of sp³-hybridized carbons (Fsp3) is 0.875. The first-order valence-corrected chi connectivity index (χ1v) is 8.71. The van der Waals surface area contributed by atoms with Gasteiger partial charge in [0.15, 0.2) is 5.96 Å². The van der Waals surface area contributed by atoms with E-state index in [0.29, 0.717) is 0 Å². The first kappa shape index (κ1) is 15.6. The van der Waals surface area contributed by atoms with Gasteiger partial charge in [-0.1, -0.05) is 0 Å². The standard InChI is InChI=1S/C16H28N4O2/c1-2-17-16(18-12-13-5-6-13)20-9-7-19(8-10-20)15(21)14-4-3-11-22-14/h13-14H,2-12H2,1H3,(H,17,18). The molecule has 2 aliphatic heterocycles. The summed E-state index contributed by atoms with van der Waals surface area (Å²) in [5.74, 6) is 1.99. The molecule has 1 N–H and O–H groups in total. The molecule has 124 valence electrons. The minimum atomic E-state index is -0.191. The number of ether oxygens (including phenoxy) is 1. The number of rotatable bonds is 4. The SMILES string of the molecule is CCNC(=NCC1CC1)N1CCN(C(=O)C2CCCO2)CC1. The number of carbonyl (C=O) groups excluding carboxylic acids is 1. The third kappa shape index (κ3) is 3.91. The van der Waals surface area contributed by atoms with Crippen LogP contribution in [0.2, 0.25) is 0 Å². The molecule has 0 radical (unpaired) electrons. The van der Waals surface area contributed by atoms with Crippen LogP contribution < -0.4 is 5.32 Å². The van der Waals surface area contributed by atoms with E-state index in [0.717, 1.165) is 70.6 Å². The quantitative estimate of drug-likeness (QED) is 0.613. The Morgan fingerprint density at radius 1 is 1.18 bits per heavy atom. The lowest BCUT2D eigenvalue weighted by molar-refractivity contribution is -0.142. The summed E-state index contributed by atoms with van der Waals surface area (Å²) in [6, 6.07) is 0. The molecule has 0 spiro atoms. The minimum Gasteiger partial charge on any atom is -0.368 e. The van der Waals surface area contributed by atoms with Gasteiger partial charge in [-0.05, 0) is 38.5 Å². The molecule has 0 aromatic carbocycles. The molecule has 3 rings (SSSR count). The summed E-state index contributed by atoms with van der Waals surface area (Å²) < 4.78 is 5.51. The lowest BCUT2D eigenvalue weighted by Crippen LogP contribution is -2.55. The largest absolute Gasteiger partial charge is 0.368 e. The van der Waals surface area contributed by atoms with Crippen LogP contribution in [0.25, 0.3) is 0 Å². The Hall–Kier alpha value is -1.30. The Bertz CT molecular complexity index is 408. The smallest absolute Gasteiger partial charge is 0.251 e. The van der Waals surface area contributed by atoms with Gasteiger partial charge in [0.1, 0.15) is 6.10 Å². The maximum atomic E-state index is 12.4. The van der Waals surface area contributed by atoms with Gasteiger partial charge in [0, 0.05) is 45.9 Å². The van der Waals surface area contributed by atoms with Crippen LogP contribution >= 0.6 is 0 Å². The number of hydrogen-bond donors (Lipinski definition) is 1. The fourth-order valence-corrected chi connectivity index (χ4v) is 3.06. The van der Waals surface area contributed by atoms with Crippen molar-refractivity contribution < 1.29 is 9.53 Å². The molecule has 22 heavy (non-hydrogen) atoms. The third-order valence-electron chi connectivity index (χ3n) is 4.63. The van der Waals surface area contributed by atoms with Gasteiger partial charge in [0.05, 0.1) is 0 Å². The van der Waals surface area contributed by atoms with Crippen LogP contribution in [0.5, 0.6) is 0 Å². The van der Waals surface area contributed by atoms with Gasteiger partial charge in [0.25, 0.3) is 5.91 Å². The molecule has 3 aliphatic rings. The van der Waals surface area contributed by atoms with E-state index >= 15 is 0 Å². The van der Waals surface area contributed by atoms with Crippen molar-refractivity contribution in [3.63, 3.8) is 0 Å². The second kappa shape index (κ2) is 7.31. The van der Waals surface area contributed by atoms with Crippen molar-refractivity contribution in [3.05, 3.63) is 0 Å². The maximum absolute atomic E-state index is 12.4. The average Bonchev–Trinajstić information content (AvgIpc) is 3.22. The number of nitrogens with one attached hydrogen (secondary N) is 1. The predicted octanol–water partition coefficient (Wildman–Crippen LogP) is 0.685. The van der Waals surface area contributed by atoms with E-state index in [-0.39, 0.29) is 12.0 Å². The highest BCUT2D eigenvalue weighted by atomic mass is 16.5. The highest BCUT2D eigenvalue weighted by molar-refractivity contribution is 5.82. The first-order valence-electron chi connectivity index (χ1n) is 8.71. The maximum Gasteiger partial charge on any atom is 0.251 e. The normalized spacial score (nSPS) is 26.4. The summed E-state index contributed by atoms with van der Waals surface area (Å²) in [7, 11) is 0. The van der Waals surface area contributed by atoms with Gasteiger partial charge in [0.2, 0.25) is 0 Å². The van der Waals surface area contributed by atoms with Crippen molar-refractivity contribution in [2.75, 3.05) is 45.9 Å². The number of aliphatic imine (C=N–C) groups is 1. The van der Waals surface area contributed by atoms with Gasteiger partial charge in [-0.15, -0.1) is 0 Å². The third-order valence-corrected chi connectivity index (χ3v) is 4.63. The van der Waals surface area contributed by atoms with Crippen molar-refractivity contribution in [2.24, 2.45) is 10.9 Å². The highest BCUT2D eigenvalue weighted by Crippen LogP contribution is 2.28. The van der Waals surface area contributed by atoms with Gasteiger partial charge in [-0.3, -0.25) is 9.79 Å². The summed E-state index contributed by atoms with van der Waals surface area (Å²) in [4.78, 5) is 21.4. The molecular weight excluding hydrogens is 280 g/mol.